The molecule has 0 aliphatic rings. The summed E-state index contributed by atoms with van der Waals surface area (Å²) in [6.07, 6.45) is 0.774. The van der Waals surface area contributed by atoms with E-state index in [0.717, 1.165) is 12.0 Å². The summed E-state index contributed by atoms with van der Waals surface area (Å²) in [5, 5.41) is 12.3. The summed E-state index contributed by atoms with van der Waals surface area (Å²) in [6.45, 7) is 7.59. The molecule has 0 saturated heterocycles. The highest BCUT2D eigenvalue weighted by Crippen LogP contribution is 2.25. The number of hydrogen-bond donors (Lipinski definition) is 2. The Kier molecular flexibility index (Phi) is 3.58. The minimum absolute atomic E-state index is 0.0294. The van der Waals surface area contributed by atoms with Crippen molar-refractivity contribution in [1.29, 1.82) is 0 Å². The van der Waals surface area contributed by atoms with E-state index >= 15 is 0 Å². The fourth-order valence-corrected chi connectivity index (χ4v) is 1.15. The van der Waals surface area contributed by atoms with Gasteiger partial charge >= 0.3 is 0 Å². The lowest BCUT2D eigenvalue weighted by Crippen LogP contribution is -2.29. The number of phenolic OH excluding ortho intramolecular Hbond substituents is 1. The summed E-state index contributed by atoms with van der Waals surface area (Å²) in [7, 11) is 0. The second kappa shape index (κ2) is 4.56. The van der Waals surface area contributed by atoms with Crippen LogP contribution in [0.1, 0.15) is 32.8 Å². The molecule has 0 unspecified atom stereocenters. The number of hydrogen-bond acceptors (Lipinski definition) is 2. The topological polar surface area (TPSA) is 49.3 Å². The van der Waals surface area contributed by atoms with Gasteiger partial charge in [-0.2, -0.15) is 0 Å². The van der Waals surface area contributed by atoms with Gasteiger partial charge in [0.15, 0.2) is 0 Å². The van der Waals surface area contributed by atoms with Gasteiger partial charge in [-0.25, -0.2) is 0 Å². The van der Waals surface area contributed by atoms with Gasteiger partial charge < -0.3 is 10.4 Å². The van der Waals surface area contributed by atoms with Gasteiger partial charge in [0.1, 0.15) is 5.75 Å². The first-order valence-electron chi connectivity index (χ1n) is 5.48. The molecule has 0 saturated carbocycles. The first-order chi connectivity index (χ1) is 7.36. The zero-order chi connectivity index (χ0) is 12.3. The van der Waals surface area contributed by atoms with E-state index in [0.29, 0.717) is 5.69 Å². The van der Waals surface area contributed by atoms with Crippen molar-refractivity contribution in [2.24, 2.45) is 5.41 Å². The molecule has 0 fully saturated rings. The molecule has 0 heterocycles. The number of aryl methyl sites for hydroxylation is 1. The fourth-order valence-electron chi connectivity index (χ4n) is 1.15. The molecule has 16 heavy (non-hydrogen) atoms. The third-order valence-electron chi connectivity index (χ3n) is 2.97. The van der Waals surface area contributed by atoms with Crippen molar-refractivity contribution in [2.45, 2.75) is 34.1 Å². The summed E-state index contributed by atoms with van der Waals surface area (Å²) in [5.74, 6) is 0.172. The minimum atomic E-state index is -0.388. The predicted molar refractivity (Wildman–Crippen MR) is 65.5 cm³/mol. The number of carbonyl (C=O) groups excluding carboxylic acids is 1. The Balaban J connectivity index is 2.82. The molecule has 0 radical (unpaired) electrons. The van der Waals surface area contributed by atoms with Gasteiger partial charge in [-0.05, 0) is 25.0 Å². The van der Waals surface area contributed by atoms with Gasteiger partial charge in [0.05, 0.1) is 0 Å². The monoisotopic (exact) mass is 221 g/mol. The van der Waals surface area contributed by atoms with Gasteiger partial charge in [0, 0.05) is 17.2 Å². The van der Waals surface area contributed by atoms with Crippen molar-refractivity contribution >= 4 is 11.6 Å². The van der Waals surface area contributed by atoms with E-state index in [1.807, 2.05) is 27.7 Å². The van der Waals surface area contributed by atoms with E-state index in [4.69, 9.17) is 0 Å². The Morgan fingerprint density at radius 2 is 2.06 bits per heavy atom. The number of carbonyl (C=O) groups is 1. The molecule has 88 valence electrons. The Hall–Kier alpha value is -1.51. The third-order valence-corrected chi connectivity index (χ3v) is 2.97. The summed E-state index contributed by atoms with van der Waals surface area (Å²) >= 11 is 0. The van der Waals surface area contributed by atoms with Crippen LogP contribution >= 0.6 is 0 Å². The van der Waals surface area contributed by atoms with E-state index in [2.05, 4.69) is 5.32 Å². The zero-order valence-electron chi connectivity index (χ0n) is 10.3. The van der Waals surface area contributed by atoms with Crippen LogP contribution in [0.25, 0.3) is 0 Å². The van der Waals surface area contributed by atoms with Crippen LogP contribution in [0.4, 0.5) is 5.69 Å². The molecule has 1 rings (SSSR count). The maximum Gasteiger partial charge on any atom is 0.230 e. The van der Waals surface area contributed by atoms with Gasteiger partial charge in [-0.15, -0.1) is 0 Å². The highest BCUT2D eigenvalue weighted by atomic mass is 16.3. The molecular formula is C13H19NO2. The minimum Gasteiger partial charge on any atom is -0.508 e. The number of rotatable bonds is 3. The molecule has 3 heteroatoms. The lowest BCUT2D eigenvalue weighted by atomic mass is 9.89. The third kappa shape index (κ3) is 2.75. The number of anilines is 1. The standard InChI is InChI=1S/C13H19NO2/c1-5-13(3,4)12(16)14-10-7-6-9(2)11(15)8-10/h6-8,15H,5H2,1-4H3,(H,14,16). The molecule has 3 nitrogen and oxygen atoms in total. The Labute approximate surface area is 96.5 Å². The lowest BCUT2D eigenvalue weighted by Gasteiger charge is -2.21. The normalized spacial score (nSPS) is 11.2. The van der Waals surface area contributed by atoms with Crippen molar-refractivity contribution in [3.63, 3.8) is 0 Å². The molecule has 2 N–H and O–H groups in total. The summed E-state index contributed by atoms with van der Waals surface area (Å²) < 4.78 is 0. The fraction of sp³-hybridized carbons (Fsp3) is 0.462. The number of phenols is 1. The first kappa shape index (κ1) is 12.6. The molecule has 0 atom stereocenters. The average Bonchev–Trinajstić information content (AvgIpc) is 2.23. The molecular weight excluding hydrogens is 202 g/mol. The van der Waals surface area contributed by atoms with Crippen LogP contribution in [0.2, 0.25) is 0 Å². The van der Waals surface area contributed by atoms with E-state index < -0.39 is 0 Å². The Morgan fingerprint density at radius 3 is 2.56 bits per heavy atom. The van der Waals surface area contributed by atoms with Gasteiger partial charge in [-0.1, -0.05) is 26.8 Å². The van der Waals surface area contributed by atoms with Crippen molar-refractivity contribution < 1.29 is 9.90 Å². The molecule has 1 amide bonds. The molecule has 0 bridgehead atoms. The quantitative estimate of drug-likeness (QED) is 0.824. The van der Waals surface area contributed by atoms with Gasteiger partial charge in [-0.3, -0.25) is 4.79 Å². The van der Waals surface area contributed by atoms with Crippen molar-refractivity contribution in [3.8, 4) is 5.75 Å². The van der Waals surface area contributed by atoms with Crippen LogP contribution in [-0.4, -0.2) is 11.0 Å². The van der Waals surface area contributed by atoms with E-state index in [1.165, 1.54) is 0 Å². The van der Waals surface area contributed by atoms with Crippen LogP contribution in [0.3, 0.4) is 0 Å². The van der Waals surface area contributed by atoms with Crippen LogP contribution in [0.15, 0.2) is 18.2 Å². The Morgan fingerprint density at radius 1 is 1.44 bits per heavy atom. The maximum atomic E-state index is 11.9. The molecule has 0 aliphatic carbocycles. The van der Waals surface area contributed by atoms with Crippen LogP contribution < -0.4 is 5.32 Å². The number of nitrogens with one attached hydrogen (secondary N) is 1. The van der Waals surface area contributed by atoms with Crippen molar-refractivity contribution in [2.75, 3.05) is 5.32 Å². The van der Waals surface area contributed by atoms with Crippen LogP contribution in [-0.2, 0) is 4.79 Å². The van der Waals surface area contributed by atoms with Gasteiger partial charge in [0.25, 0.3) is 0 Å². The number of amides is 1. The van der Waals surface area contributed by atoms with E-state index in [9.17, 15) is 9.90 Å². The average molecular weight is 221 g/mol. The molecule has 0 aromatic heterocycles. The molecule has 1 aromatic rings. The van der Waals surface area contributed by atoms with Crippen molar-refractivity contribution in [3.05, 3.63) is 23.8 Å². The predicted octanol–water partition coefficient (Wildman–Crippen LogP) is 3.08. The summed E-state index contributed by atoms with van der Waals surface area (Å²) in [5.41, 5.74) is 1.04. The van der Waals surface area contributed by atoms with Crippen LogP contribution in [0, 0.1) is 12.3 Å². The smallest absolute Gasteiger partial charge is 0.230 e. The number of benzene rings is 1. The van der Waals surface area contributed by atoms with Crippen molar-refractivity contribution in [1.82, 2.24) is 0 Å². The highest BCUT2D eigenvalue weighted by molar-refractivity contribution is 5.94. The largest absolute Gasteiger partial charge is 0.508 e. The van der Waals surface area contributed by atoms with E-state index in [-0.39, 0.29) is 17.1 Å². The summed E-state index contributed by atoms with van der Waals surface area (Å²) in [4.78, 5) is 11.9. The highest BCUT2D eigenvalue weighted by Gasteiger charge is 2.25. The second-order valence-electron chi connectivity index (χ2n) is 4.69. The molecule has 0 aliphatic heterocycles. The number of aromatic hydroxyl groups is 1. The first-order valence-corrected chi connectivity index (χ1v) is 5.48. The molecule has 1 aromatic carbocycles. The van der Waals surface area contributed by atoms with Crippen LogP contribution in [0.5, 0.6) is 5.75 Å². The SMILES string of the molecule is CCC(C)(C)C(=O)Nc1ccc(C)c(O)c1. The van der Waals surface area contributed by atoms with E-state index in [1.54, 1.807) is 18.2 Å². The summed E-state index contributed by atoms with van der Waals surface area (Å²) in [6, 6.07) is 5.14. The zero-order valence-corrected chi connectivity index (χ0v) is 10.3. The van der Waals surface area contributed by atoms with Gasteiger partial charge in [0.2, 0.25) is 5.91 Å². The Bertz CT molecular complexity index is 397. The second-order valence-corrected chi connectivity index (χ2v) is 4.69. The lowest BCUT2D eigenvalue weighted by molar-refractivity contribution is -0.124. The molecule has 0 spiro atoms. The maximum absolute atomic E-state index is 11.9.